The number of aromatic nitrogens is 4. The van der Waals surface area contributed by atoms with E-state index in [1.807, 2.05) is 48.6 Å². The maximum absolute atomic E-state index is 5.88. The van der Waals surface area contributed by atoms with Crippen molar-refractivity contribution in [2.75, 3.05) is 0 Å². The molecule has 0 saturated heterocycles. The third-order valence-electron chi connectivity index (χ3n) is 2.86. The van der Waals surface area contributed by atoms with Crippen molar-refractivity contribution in [3.05, 3.63) is 70.0 Å². The van der Waals surface area contributed by atoms with Crippen LogP contribution >= 0.6 is 23.2 Å². The van der Waals surface area contributed by atoms with Gasteiger partial charge in [-0.3, -0.25) is 0 Å². The Labute approximate surface area is 131 Å². The van der Waals surface area contributed by atoms with Crippen molar-refractivity contribution in [1.29, 1.82) is 0 Å². The summed E-state index contributed by atoms with van der Waals surface area (Å²) in [5.74, 6) is 0.632. The standard InChI is InChI=1S/C15H10Cl2N4/c16-12-4-1-11(2-5-12)3-10-15-18-19-20-21(15)14-8-6-13(17)7-9-14/h1-10H/b10-3+. The zero-order valence-corrected chi connectivity index (χ0v) is 12.3. The predicted molar refractivity (Wildman–Crippen MR) is 84.5 cm³/mol. The molecule has 6 heteroatoms. The largest absolute Gasteiger partial charge is 0.193 e. The monoisotopic (exact) mass is 316 g/mol. The summed E-state index contributed by atoms with van der Waals surface area (Å²) in [6.07, 6.45) is 3.77. The summed E-state index contributed by atoms with van der Waals surface area (Å²) in [4.78, 5) is 0. The smallest absolute Gasteiger partial charge is 0.179 e. The summed E-state index contributed by atoms with van der Waals surface area (Å²) in [5, 5.41) is 13.1. The molecule has 0 unspecified atom stereocenters. The highest BCUT2D eigenvalue weighted by atomic mass is 35.5. The Bertz CT molecular complexity index is 761. The minimum absolute atomic E-state index is 0.632. The molecule has 0 fully saturated rings. The molecule has 0 atom stereocenters. The number of tetrazole rings is 1. The van der Waals surface area contributed by atoms with Gasteiger partial charge in [-0.15, -0.1) is 5.10 Å². The fourth-order valence-electron chi connectivity index (χ4n) is 1.81. The molecule has 1 heterocycles. The third-order valence-corrected chi connectivity index (χ3v) is 3.36. The van der Waals surface area contributed by atoms with Gasteiger partial charge in [-0.1, -0.05) is 41.4 Å². The van der Waals surface area contributed by atoms with E-state index < -0.39 is 0 Å². The van der Waals surface area contributed by atoms with E-state index in [0.717, 1.165) is 11.3 Å². The Kier molecular flexibility index (Phi) is 3.99. The molecule has 0 amide bonds. The number of benzene rings is 2. The van der Waals surface area contributed by atoms with Gasteiger partial charge in [-0.25, -0.2) is 0 Å². The molecule has 3 aromatic rings. The quantitative estimate of drug-likeness (QED) is 0.729. The molecule has 1 aromatic heterocycles. The van der Waals surface area contributed by atoms with Crippen molar-refractivity contribution >= 4 is 35.4 Å². The molecule has 0 bridgehead atoms. The molecule has 0 spiro atoms. The van der Waals surface area contributed by atoms with Gasteiger partial charge in [0.25, 0.3) is 0 Å². The zero-order valence-electron chi connectivity index (χ0n) is 10.8. The van der Waals surface area contributed by atoms with Crippen LogP contribution in [0.15, 0.2) is 48.5 Å². The lowest BCUT2D eigenvalue weighted by molar-refractivity contribution is 0.787. The Balaban J connectivity index is 1.88. The van der Waals surface area contributed by atoms with Gasteiger partial charge in [0.1, 0.15) is 0 Å². The highest BCUT2D eigenvalue weighted by molar-refractivity contribution is 6.30. The predicted octanol–water partition coefficient (Wildman–Crippen LogP) is 4.14. The first-order valence-electron chi connectivity index (χ1n) is 6.20. The first kappa shape index (κ1) is 13.8. The zero-order chi connectivity index (χ0) is 14.7. The second-order valence-corrected chi connectivity index (χ2v) is 5.18. The van der Waals surface area contributed by atoms with Crippen LogP contribution in [0.3, 0.4) is 0 Å². The number of rotatable bonds is 3. The van der Waals surface area contributed by atoms with E-state index >= 15 is 0 Å². The SMILES string of the molecule is Clc1ccc(/C=C/c2nnnn2-c2ccc(Cl)cc2)cc1. The van der Waals surface area contributed by atoms with Crippen LogP contribution in [0.2, 0.25) is 10.0 Å². The van der Waals surface area contributed by atoms with E-state index in [1.165, 1.54) is 0 Å². The summed E-state index contributed by atoms with van der Waals surface area (Å²) in [6.45, 7) is 0. The van der Waals surface area contributed by atoms with Crippen LogP contribution in [0.4, 0.5) is 0 Å². The average Bonchev–Trinajstić information content (AvgIpc) is 2.96. The average molecular weight is 317 g/mol. The number of nitrogens with zero attached hydrogens (tertiary/aromatic N) is 4. The lowest BCUT2D eigenvalue weighted by atomic mass is 10.2. The van der Waals surface area contributed by atoms with E-state index in [2.05, 4.69) is 15.5 Å². The Morgan fingerprint density at radius 2 is 1.43 bits per heavy atom. The molecule has 0 aliphatic rings. The minimum atomic E-state index is 0.632. The Morgan fingerprint density at radius 1 is 0.810 bits per heavy atom. The first-order valence-corrected chi connectivity index (χ1v) is 6.96. The topological polar surface area (TPSA) is 43.6 Å². The minimum Gasteiger partial charge on any atom is -0.193 e. The van der Waals surface area contributed by atoms with Crippen molar-refractivity contribution in [1.82, 2.24) is 20.2 Å². The van der Waals surface area contributed by atoms with Crippen molar-refractivity contribution < 1.29 is 0 Å². The molecule has 0 aliphatic heterocycles. The maximum atomic E-state index is 5.88. The summed E-state index contributed by atoms with van der Waals surface area (Å²) >= 11 is 11.7. The van der Waals surface area contributed by atoms with Gasteiger partial charge in [0.2, 0.25) is 0 Å². The molecule has 0 N–H and O–H groups in total. The van der Waals surface area contributed by atoms with Gasteiger partial charge >= 0.3 is 0 Å². The van der Waals surface area contributed by atoms with Crippen LogP contribution in [0.25, 0.3) is 17.8 Å². The van der Waals surface area contributed by atoms with Gasteiger partial charge in [0.15, 0.2) is 5.82 Å². The van der Waals surface area contributed by atoms with Crippen LogP contribution in [-0.2, 0) is 0 Å². The lowest BCUT2D eigenvalue weighted by Crippen LogP contribution is -1.99. The van der Waals surface area contributed by atoms with Crippen molar-refractivity contribution in [2.24, 2.45) is 0 Å². The summed E-state index contributed by atoms with van der Waals surface area (Å²) in [6, 6.07) is 14.8. The second kappa shape index (κ2) is 6.08. The second-order valence-electron chi connectivity index (χ2n) is 4.31. The van der Waals surface area contributed by atoms with E-state index in [1.54, 1.807) is 16.8 Å². The Hall–Kier alpha value is -2.17. The van der Waals surface area contributed by atoms with Gasteiger partial charge in [0, 0.05) is 10.0 Å². The van der Waals surface area contributed by atoms with E-state index in [4.69, 9.17) is 23.2 Å². The van der Waals surface area contributed by atoms with Gasteiger partial charge in [-0.2, -0.15) is 4.68 Å². The summed E-state index contributed by atoms with van der Waals surface area (Å²) in [7, 11) is 0. The number of halogens is 2. The lowest BCUT2D eigenvalue weighted by Gasteiger charge is -2.01. The highest BCUT2D eigenvalue weighted by Gasteiger charge is 2.04. The van der Waals surface area contributed by atoms with Crippen LogP contribution in [0.1, 0.15) is 11.4 Å². The van der Waals surface area contributed by atoms with Gasteiger partial charge in [0.05, 0.1) is 5.69 Å². The van der Waals surface area contributed by atoms with Crippen molar-refractivity contribution in [3.63, 3.8) is 0 Å². The summed E-state index contributed by atoms with van der Waals surface area (Å²) < 4.78 is 1.64. The molecule has 21 heavy (non-hydrogen) atoms. The molecule has 2 aromatic carbocycles. The molecular weight excluding hydrogens is 307 g/mol. The van der Waals surface area contributed by atoms with Crippen LogP contribution in [-0.4, -0.2) is 20.2 Å². The molecule has 0 aliphatic carbocycles. The van der Waals surface area contributed by atoms with Crippen LogP contribution < -0.4 is 0 Å². The normalized spacial score (nSPS) is 11.1. The Morgan fingerprint density at radius 3 is 2.10 bits per heavy atom. The number of hydrogen-bond acceptors (Lipinski definition) is 3. The van der Waals surface area contributed by atoms with E-state index in [-0.39, 0.29) is 0 Å². The molecule has 104 valence electrons. The van der Waals surface area contributed by atoms with Crippen molar-refractivity contribution in [3.8, 4) is 5.69 Å². The third kappa shape index (κ3) is 3.29. The maximum Gasteiger partial charge on any atom is 0.179 e. The van der Waals surface area contributed by atoms with Gasteiger partial charge < -0.3 is 0 Å². The molecule has 3 rings (SSSR count). The number of hydrogen-bond donors (Lipinski definition) is 0. The van der Waals surface area contributed by atoms with E-state index in [9.17, 15) is 0 Å². The molecule has 0 saturated carbocycles. The van der Waals surface area contributed by atoms with Crippen molar-refractivity contribution in [2.45, 2.75) is 0 Å². The van der Waals surface area contributed by atoms with Crippen LogP contribution in [0.5, 0.6) is 0 Å². The van der Waals surface area contributed by atoms with Crippen LogP contribution in [0, 0.1) is 0 Å². The fourth-order valence-corrected chi connectivity index (χ4v) is 2.06. The summed E-state index contributed by atoms with van der Waals surface area (Å²) in [5.41, 5.74) is 1.87. The van der Waals surface area contributed by atoms with E-state index in [0.29, 0.717) is 15.9 Å². The van der Waals surface area contributed by atoms with Gasteiger partial charge in [-0.05, 0) is 58.5 Å². The molecule has 4 nitrogen and oxygen atoms in total. The molecule has 0 radical (unpaired) electrons. The molecular formula is C15H10Cl2N4. The highest BCUT2D eigenvalue weighted by Crippen LogP contribution is 2.15. The first-order chi connectivity index (χ1) is 10.2. The fraction of sp³-hybridized carbons (Fsp3) is 0.